The highest BCUT2D eigenvalue weighted by molar-refractivity contribution is 7.91. The molecule has 9 rings (SSSR count). The molecule has 4 N–H and O–H groups in total. The number of hydrogen-bond acceptors (Lipinski definition) is 10. The Bertz CT molecular complexity index is 2060. The fourth-order valence-corrected chi connectivity index (χ4v) is 10.2. The van der Waals surface area contributed by atoms with Crippen LogP contribution in [-0.2, 0) is 35.6 Å². The first kappa shape index (κ1) is 37.0. The van der Waals surface area contributed by atoms with Crippen LogP contribution in [0.2, 0.25) is 0 Å². The fourth-order valence-electron chi connectivity index (χ4n) is 8.93. The van der Waals surface area contributed by atoms with E-state index in [0.717, 1.165) is 72.9 Å². The highest BCUT2D eigenvalue weighted by atomic mass is 32.2. The van der Waals surface area contributed by atoms with Crippen LogP contribution in [0.25, 0.3) is 10.9 Å². The number of aromatic nitrogens is 1. The quantitative estimate of drug-likeness (QED) is 0.227. The van der Waals surface area contributed by atoms with E-state index in [2.05, 4.69) is 21.4 Å². The van der Waals surface area contributed by atoms with Gasteiger partial charge >= 0.3 is 0 Å². The molecule has 5 fully saturated rings. The number of rotatable bonds is 8. The van der Waals surface area contributed by atoms with Crippen molar-refractivity contribution in [2.75, 3.05) is 6.54 Å². The Kier molecular flexibility index (Phi) is 8.91. The molecule has 1 spiro atoms. The molecule has 3 aliphatic heterocycles. The molecule has 7 aliphatic rings. The van der Waals surface area contributed by atoms with Crippen molar-refractivity contribution < 1.29 is 37.4 Å². The first-order valence-corrected chi connectivity index (χ1v) is 21.8. The fraction of sp³-hybridized carbons (Fsp3) is 0.659. The summed E-state index contributed by atoms with van der Waals surface area (Å²) in [6.07, 6.45) is 12.3. The standard InChI is InChI=1S/C41H53N5O8S/c1-38(18-19-38)54-37(50)43-30-13-7-5-3-4-6-10-26-22-41(26,36(49)45-55(51,52)39(2)20-21-39)44-34(47)31-23-40(24-46(31)35(30)48)17-16-28-27-11-8-9-12-29(27)42-32(25-14-15-25)33(28)53-40/h6,8-12,25-26,30-31,37,43,50H,3-5,7,13-24H2,1-2H3,(H,44,47)(H,45,49)/b10-6-/t26-,30+,31+,37?,40-,41?/m1/s1. The van der Waals surface area contributed by atoms with E-state index < -0.39 is 67.7 Å². The molecule has 3 amide bonds. The molecule has 1 aromatic carbocycles. The van der Waals surface area contributed by atoms with E-state index in [9.17, 15) is 27.9 Å². The molecule has 4 heterocycles. The van der Waals surface area contributed by atoms with Crippen molar-refractivity contribution in [3.63, 3.8) is 0 Å². The zero-order valence-corrected chi connectivity index (χ0v) is 32.6. The lowest BCUT2D eigenvalue weighted by atomic mass is 9.86. The molecule has 14 heteroatoms. The Hall–Kier alpha value is -3.59. The van der Waals surface area contributed by atoms with Crippen molar-refractivity contribution in [2.24, 2.45) is 5.92 Å². The summed E-state index contributed by atoms with van der Waals surface area (Å²) < 4.78 is 40.7. The average Bonchev–Trinajstić information content (AvgIpc) is 3.97. The van der Waals surface area contributed by atoms with Crippen molar-refractivity contribution in [2.45, 2.75) is 156 Å². The monoisotopic (exact) mass is 775 g/mol. The van der Waals surface area contributed by atoms with Gasteiger partial charge in [0.1, 0.15) is 22.9 Å². The lowest BCUT2D eigenvalue weighted by molar-refractivity contribution is -0.170. The van der Waals surface area contributed by atoms with Gasteiger partial charge in [-0.15, -0.1) is 0 Å². The largest absolute Gasteiger partial charge is 0.483 e. The maximum atomic E-state index is 14.8. The van der Waals surface area contributed by atoms with Crippen LogP contribution in [0.15, 0.2) is 36.4 Å². The van der Waals surface area contributed by atoms with Gasteiger partial charge in [0.25, 0.3) is 5.91 Å². The number of sulfonamides is 1. The number of carbonyl (C=O) groups excluding carboxylic acids is 3. The Morgan fingerprint density at radius 1 is 1.05 bits per heavy atom. The Balaban J connectivity index is 1.06. The second kappa shape index (κ2) is 13.2. The number of aliphatic hydroxyl groups excluding tert-OH is 1. The van der Waals surface area contributed by atoms with Crippen molar-refractivity contribution in [1.82, 2.24) is 25.2 Å². The Morgan fingerprint density at radius 3 is 2.58 bits per heavy atom. The summed E-state index contributed by atoms with van der Waals surface area (Å²) in [5, 5.41) is 18.1. The number of allylic oxidation sites excluding steroid dienone is 1. The van der Waals surface area contributed by atoms with Crippen LogP contribution in [0, 0.1) is 5.92 Å². The molecule has 0 radical (unpaired) electrons. The summed E-state index contributed by atoms with van der Waals surface area (Å²) in [6, 6.07) is 6.21. The second-order valence-corrected chi connectivity index (χ2v) is 20.1. The van der Waals surface area contributed by atoms with Crippen molar-refractivity contribution in [1.29, 1.82) is 0 Å². The average molecular weight is 776 g/mol. The lowest BCUT2D eigenvalue weighted by Crippen LogP contribution is -2.59. The van der Waals surface area contributed by atoms with Gasteiger partial charge in [0.2, 0.25) is 28.3 Å². The first-order valence-electron chi connectivity index (χ1n) is 20.3. The summed E-state index contributed by atoms with van der Waals surface area (Å²) in [4.78, 5) is 50.2. The molecule has 296 valence electrons. The van der Waals surface area contributed by atoms with E-state index >= 15 is 0 Å². The molecular formula is C41H53N5O8S. The predicted molar refractivity (Wildman–Crippen MR) is 203 cm³/mol. The minimum absolute atomic E-state index is 0.127. The van der Waals surface area contributed by atoms with E-state index in [1.54, 1.807) is 11.8 Å². The summed E-state index contributed by atoms with van der Waals surface area (Å²) in [5.41, 5.74) is 0.131. The first-order chi connectivity index (χ1) is 26.2. The smallest absolute Gasteiger partial charge is 0.259 e. The number of carbonyl (C=O) groups is 3. The van der Waals surface area contributed by atoms with E-state index in [-0.39, 0.29) is 25.3 Å². The van der Waals surface area contributed by atoms with Gasteiger partial charge in [0.15, 0.2) is 0 Å². The van der Waals surface area contributed by atoms with Gasteiger partial charge < -0.3 is 24.8 Å². The Morgan fingerprint density at radius 2 is 1.84 bits per heavy atom. The van der Waals surface area contributed by atoms with Crippen molar-refractivity contribution in [3.05, 3.63) is 47.7 Å². The van der Waals surface area contributed by atoms with Crippen LogP contribution in [-0.4, -0.2) is 87.7 Å². The molecule has 1 saturated heterocycles. The van der Waals surface area contributed by atoms with Crippen LogP contribution in [0.3, 0.4) is 0 Å². The predicted octanol–water partition coefficient (Wildman–Crippen LogP) is 3.97. The molecule has 4 aliphatic carbocycles. The minimum atomic E-state index is -3.97. The Labute approximate surface area is 322 Å². The number of hydrogen-bond donors (Lipinski definition) is 4. The third kappa shape index (κ3) is 6.95. The molecule has 4 saturated carbocycles. The molecule has 2 aromatic rings. The molecule has 2 unspecified atom stereocenters. The summed E-state index contributed by atoms with van der Waals surface area (Å²) in [6.45, 7) is 3.67. The number of aryl methyl sites for hydroxylation is 1. The number of aliphatic hydroxyl groups is 1. The van der Waals surface area contributed by atoms with Crippen LogP contribution in [0.5, 0.6) is 5.75 Å². The molecule has 6 atom stereocenters. The number of pyridine rings is 1. The third-order valence-corrected chi connectivity index (χ3v) is 15.6. The highest BCUT2D eigenvalue weighted by Crippen LogP contribution is 2.52. The molecule has 55 heavy (non-hydrogen) atoms. The number of amides is 3. The number of ether oxygens (including phenoxy) is 2. The van der Waals surface area contributed by atoms with Gasteiger partial charge in [0.05, 0.1) is 34.1 Å². The maximum absolute atomic E-state index is 14.8. The maximum Gasteiger partial charge on any atom is 0.259 e. The van der Waals surface area contributed by atoms with Gasteiger partial charge in [-0.1, -0.05) is 43.2 Å². The zero-order valence-electron chi connectivity index (χ0n) is 31.8. The van der Waals surface area contributed by atoms with Crippen molar-refractivity contribution >= 4 is 38.6 Å². The normalized spacial score (nSPS) is 33.5. The summed E-state index contributed by atoms with van der Waals surface area (Å²) in [5.74, 6) is -0.982. The number of nitrogens with one attached hydrogen (secondary N) is 3. The van der Waals surface area contributed by atoms with Crippen molar-refractivity contribution in [3.8, 4) is 5.75 Å². The van der Waals surface area contributed by atoms with E-state index in [1.165, 1.54) is 0 Å². The van der Waals surface area contributed by atoms with Gasteiger partial charge in [-0.3, -0.25) is 24.4 Å². The van der Waals surface area contributed by atoms with Gasteiger partial charge in [-0.25, -0.2) is 13.4 Å². The number of nitrogens with zero attached hydrogens (tertiary/aromatic N) is 2. The zero-order chi connectivity index (χ0) is 38.4. The topological polar surface area (TPSA) is 176 Å². The van der Waals surface area contributed by atoms with Crippen LogP contribution in [0.4, 0.5) is 0 Å². The summed E-state index contributed by atoms with van der Waals surface area (Å²) >= 11 is 0. The number of benzene rings is 1. The summed E-state index contributed by atoms with van der Waals surface area (Å²) in [7, 11) is -3.97. The SMILES string of the molecule is CC1(OC(O)N[C@H]2CCCCC/C=C\[C@@H]3CC3(C(=O)NS(=O)(=O)C3(C)CC3)NC(=O)[C@@H]3C[C@]4(CCc5c(c(C6CC6)nc6ccccc56)O4)CN3C2=O)CC1. The van der Waals surface area contributed by atoms with Crippen LogP contribution < -0.4 is 20.1 Å². The van der Waals surface area contributed by atoms with Gasteiger partial charge in [-0.05, 0) is 97.0 Å². The third-order valence-electron chi connectivity index (χ3n) is 13.4. The minimum Gasteiger partial charge on any atom is -0.483 e. The van der Waals surface area contributed by atoms with Gasteiger partial charge in [-0.2, -0.15) is 0 Å². The second-order valence-electron chi connectivity index (χ2n) is 17.9. The van der Waals surface area contributed by atoms with Crippen LogP contribution >= 0.6 is 0 Å². The van der Waals surface area contributed by atoms with E-state index in [0.29, 0.717) is 44.4 Å². The van der Waals surface area contributed by atoms with E-state index in [1.807, 2.05) is 37.3 Å². The van der Waals surface area contributed by atoms with E-state index in [4.69, 9.17) is 14.5 Å². The highest BCUT2D eigenvalue weighted by Gasteiger charge is 2.64. The molecule has 0 bridgehead atoms. The molecular weight excluding hydrogens is 723 g/mol. The number of fused-ring (bicyclic) bond motifs is 5. The lowest BCUT2D eigenvalue weighted by Gasteiger charge is -2.37. The number of para-hydroxylation sites is 1. The van der Waals surface area contributed by atoms with Gasteiger partial charge in [0, 0.05) is 29.2 Å². The molecule has 13 nitrogen and oxygen atoms in total. The van der Waals surface area contributed by atoms with Crippen LogP contribution in [0.1, 0.15) is 121 Å². The molecule has 1 aromatic heterocycles.